The first-order valence-corrected chi connectivity index (χ1v) is 11.2. The molecule has 0 amide bonds. The van der Waals surface area contributed by atoms with Gasteiger partial charge in [0.05, 0.1) is 19.4 Å². The molecule has 17 heavy (non-hydrogen) atoms. The molecule has 1 aliphatic heterocycles. The molecule has 100 valence electrons. The normalized spacial score (nSPS) is 36.5. The third kappa shape index (κ3) is 3.14. The first kappa shape index (κ1) is 13.6. The zero-order valence-electron chi connectivity index (χ0n) is 12.1. The molecule has 1 saturated heterocycles. The zero-order chi connectivity index (χ0) is 12.4. The van der Waals surface area contributed by atoms with Crippen molar-refractivity contribution in [3.63, 3.8) is 0 Å². The molecule has 2 aliphatic rings. The van der Waals surface area contributed by atoms with Crippen molar-refractivity contribution in [1.82, 2.24) is 0 Å². The highest BCUT2D eigenvalue weighted by Crippen LogP contribution is 2.50. The van der Waals surface area contributed by atoms with E-state index in [2.05, 4.69) is 19.6 Å². The minimum absolute atomic E-state index is 0.367. The Morgan fingerprint density at radius 3 is 1.94 bits per heavy atom. The van der Waals surface area contributed by atoms with Crippen molar-refractivity contribution in [2.75, 3.05) is 0 Å². The van der Waals surface area contributed by atoms with E-state index >= 15 is 0 Å². The van der Waals surface area contributed by atoms with Gasteiger partial charge in [0.15, 0.2) is 0 Å². The number of hydrogen-bond donors (Lipinski definition) is 0. The zero-order valence-corrected chi connectivity index (χ0v) is 13.1. The van der Waals surface area contributed by atoms with Gasteiger partial charge in [-0.25, -0.2) is 0 Å². The van der Waals surface area contributed by atoms with Crippen LogP contribution >= 0.6 is 0 Å². The van der Waals surface area contributed by atoms with Crippen molar-refractivity contribution in [2.45, 2.75) is 95.2 Å². The molecule has 0 aromatic rings. The van der Waals surface area contributed by atoms with Gasteiger partial charge in [0.25, 0.3) is 0 Å². The molecule has 2 fully saturated rings. The maximum absolute atomic E-state index is 6.24. The fourth-order valence-electron chi connectivity index (χ4n) is 3.54. The predicted octanol–water partition coefficient (Wildman–Crippen LogP) is 4.92. The van der Waals surface area contributed by atoms with Gasteiger partial charge in [-0.1, -0.05) is 71.0 Å². The summed E-state index contributed by atoms with van der Waals surface area (Å²) < 4.78 is 6.24. The van der Waals surface area contributed by atoms with Crippen LogP contribution in [0.2, 0.25) is 19.6 Å². The third-order valence-electron chi connectivity index (χ3n) is 4.85. The smallest absolute Gasteiger partial charge is 0.0858 e. The van der Waals surface area contributed by atoms with Crippen molar-refractivity contribution in [3.8, 4) is 0 Å². The highest BCUT2D eigenvalue weighted by Gasteiger charge is 2.62. The van der Waals surface area contributed by atoms with E-state index in [9.17, 15) is 0 Å². The van der Waals surface area contributed by atoms with E-state index in [0.29, 0.717) is 11.3 Å². The fourth-order valence-corrected chi connectivity index (χ4v) is 6.08. The quantitative estimate of drug-likeness (QED) is 0.478. The van der Waals surface area contributed by atoms with Crippen molar-refractivity contribution in [2.24, 2.45) is 0 Å². The molecular formula is C15H30OSi. The molecule has 2 heteroatoms. The van der Waals surface area contributed by atoms with Gasteiger partial charge in [0.1, 0.15) is 0 Å². The predicted molar refractivity (Wildman–Crippen MR) is 77.1 cm³/mol. The number of rotatable bonds is 1. The molecule has 1 heterocycles. The molecule has 0 N–H and O–H groups in total. The first-order chi connectivity index (χ1) is 8.06. The van der Waals surface area contributed by atoms with Crippen LogP contribution in [0, 0.1) is 0 Å². The average molecular weight is 254 g/mol. The Bertz CT molecular complexity index is 246. The molecule has 1 aliphatic carbocycles. The van der Waals surface area contributed by atoms with Crippen LogP contribution < -0.4 is 0 Å². The van der Waals surface area contributed by atoms with Crippen LogP contribution in [0.1, 0.15) is 64.2 Å². The Hall–Kier alpha value is 0.177. The number of fused-ring (bicyclic) bond motifs is 1. The second-order valence-electron chi connectivity index (χ2n) is 7.11. The molecule has 0 aromatic heterocycles. The second-order valence-corrected chi connectivity index (χ2v) is 12.5. The van der Waals surface area contributed by atoms with E-state index in [0.717, 1.165) is 0 Å². The molecule has 2 atom stereocenters. The molecule has 0 spiro atoms. The van der Waals surface area contributed by atoms with Crippen LogP contribution in [0.15, 0.2) is 0 Å². The highest BCUT2D eigenvalue weighted by atomic mass is 28.3. The molecule has 0 radical (unpaired) electrons. The van der Waals surface area contributed by atoms with Crippen LogP contribution in [0.5, 0.6) is 0 Å². The summed E-state index contributed by atoms with van der Waals surface area (Å²) in [5.74, 6) is 0. The monoisotopic (exact) mass is 254 g/mol. The lowest BCUT2D eigenvalue weighted by molar-refractivity contribution is 0.322. The summed E-state index contributed by atoms with van der Waals surface area (Å²) in [6, 6.07) is 0. The Morgan fingerprint density at radius 2 is 1.35 bits per heavy atom. The summed E-state index contributed by atoms with van der Waals surface area (Å²) in [5.41, 5.74) is 0. The maximum atomic E-state index is 6.24. The summed E-state index contributed by atoms with van der Waals surface area (Å²) in [7, 11) is -1.15. The minimum Gasteiger partial charge on any atom is -0.370 e. The standard InChI is InChI=1S/C15H30OSi/c1-17(2,3)15-13-11-9-7-5-4-6-8-10-12-14(15)16-15/h14H,4-13H2,1-3H3/t14-,15+/m0/s1. The van der Waals surface area contributed by atoms with Crippen molar-refractivity contribution >= 4 is 8.07 Å². The lowest BCUT2D eigenvalue weighted by Gasteiger charge is -2.27. The van der Waals surface area contributed by atoms with E-state index in [1.54, 1.807) is 0 Å². The first-order valence-electron chi connectivity index (χ1n) is 7.74. The van der Waals surface area contributed by atoms with Gasteiger partial charge in [0.2, 0.25) is 0 Å². The van der Waals surface area contributed by atoms with E-state index in [1.165, 1.54) is 64.2 Å². The van der Waals surface area contributed by atoms with Crippen LogP contribution in [0.3, 0.4) is 0 Å². The highest BCUT2D eigenvalue weighted by molar-refractivity contribution is 6.79. The largest absolute Gasteiger partial charge is 0.370 e. The van der Waals surface area contributed by atoms with Crippen molar-refractivity contribution < 1.29 is 4.74 Å². The van der Waals surface area contributed by atoms with Gasteiger partial charge in [-0.05, 0) is 12.8 Å². The van der Waals surface area contributed by atoms with Gasteiger partial charge in [-0.3, -0.25) is 0 Å². The van der Waals surface area contributed by atoms with Crippen LogP contribution in [0.4, 0.5) is 0 Å². The van der Waals surface area contributed by atoms with E-state index in [4.69, 9.17) is 4.74 Å². The summed E-state index contributed by atoms with van der Waals surface area (Å²) >= 11 is 0. The molecular weight excluding hydrogens is 224 g/mol. The fraction of sp³-hybridized carbons (Fsp3) is 1.00. The number of epoxide rings is 1. The Labute approximate surface area is 108 Å². The Morgan fingerprint density at radius 1 is 0.824 bits per heavy atom. The summed E-state index contributed by atoms with van der Waals surface area (Å²) in [5, 5.41) is 0.367. The van der Waals surface area contributed by atoms with E-state index in [-0.39, 0.29) is 0 Å². The van der Waals surface area contributed by atoms with Crippen molar-refractivity contribution in [1.29, 1.82) is 0 Å². The van der Waals surface area contributed by atoms with Gasteiger partial charge in [-0.15, -0.1) is 0 Å². The Balaban J connectivity index is 1.93. The Kier molecular flexibility index (Phi) is 4.35. The minimum atomic E-state index is -1.15. The third-order valence-corrected chi connectivity index (χ3v) is 8.08. The van der Waals surface area contributed by atoms with E-state index < -0.39 is 8.07 Å². The van der Waals surface area contributed by atoms with Crippen LogP contribution in [-0.2, 0) is 4.74 Å². The average Bonchev–Trinajstić information content (AvgIpc) is 2.92. The summed E-state index contributed by atoms with van der Waals surface area (Å²) in [6.07, 6.45) is 14.8. The molecule has 0 bridgehead atoms. The molecule has 1 saturated carbocycles. The molecule has 2 rings (SSSR count). The molecule has 0 aromatic carbocycles. The topological polar surface area (TPSA) is 12.5 Å². The number of hydrogen-bond acceptors (Lipinski definition) is 1. The molecule has 0 unspecified atom stereocenters. The summed E-state index contributed by atoms with van der Waals surface area (Å²) in [4.78, 5) is 0. The second kappa shape index (κ2) is 5.44. The van der Waals surface area contributed by atoms with Crippen LogP contribution in [0.25, 0.3) is 0 Å². The lowest BCUT2D eigenvalue weighted by Crippen LogP contribution is -2.43. The molecule has 1 nitrogen and oxygen atoms in total. The van der Waals surface area contributed by atoms with Gasteiger partial charge in [-0.2, -0.15) is 0 Å². The van der Waals surface area contributed by atoms with Gasteiger partial charge in [0, 0.05) is 0 Å². The van der Waals surface area contributed by atoms with Gasteiger partial charge < -0.3 is 4.74 Å². The number of ether oxygens (including phenoxy) is 1. The van der Waals surface area contributed by atoms with Gasteiger partial charge >= 0.3 is 0 Å². The van der Waals surface area contributed by atoms with E-state index in [1.807, 2.05) is 0 Å². The maximum Gasteiger partial charge on any atom is 0.0858 e. The SMILES string of the molecule is C[Si](C)(C)[C@]12CCCCCCCCCC[C@@H]1O2. The lowest BCUT2D eigenvalue weighted by atomic mass is 10.0. The van der Waals surface area contributed by atoms with Crippen molar-refractivity contribution in [3.05, 3.63) is 0 Å². The van der Waals surface area contributed by atoms with Crippen LogP contribution in [-0.4, -0.2) is 19.4 Å². The summed E-state index contributed by atoms with van der Waals surface area (Å²) in [6.45, 7) is 7.50.